The average molecular weight is 508 g/mol. The lowest BCUT2D eigenvalue weighted by Crippen LogP contribution is -2.19. The number of ether oxygens (including phenoxy) is 2. The van der Waals surface area contributed by atoms with Crippen LogP contribution >= 0.6 is 63.7 Å². The third-order valence-corrected chi connectivity index (χ3v) is 6.44. The highest BCUT2D eigenvalue weighted by Gasteiger charge is 2.16. The van der Waals surface area contributed by atoms with E-state index in [1.807, 2.05) is 0 Å². The Bertz CT molecular complexity index is 488. The van der Waals surface area contributed by atoms with Gasteiger partial charge in [-0.15, -0.1) is 0 Å². The zero-order valence-corrected chi connectivity index (χ0v) is 15.5. The molecule has 0 fully saturated rings. The lowest BCUT2D eigenvalue weighted by molar-refractivity contribution is -0.155. The van der Waals surface area contributed by atoms with E-state index in [2.05, 4.69) is 70.3 Å². The molecule has 0 radical (unpaired) electrons. The predicted molar refractivity (Wildman–Crippen MR) is 83.6 cm³/mol. The van der Waals surface area contributed by atoms with E-state index >= 15 is 0 Å². The van der Waals surface area contributed by atoms with Crippen LogP contribution in [0, 0.1) is 0 Å². The summed E-state index contributed by atoms with van der Waals surface area (Å²) in [6.07, 6.45) is 0.370. The van der Waals surface area contributed by atoms with Crippen molar-refractivity contribution in [1.82, 2.24) is 0 Å². The fourth-order valence-electron chi connectivity index (χ4n) is 1.05. The minimum atomic E-state index is -0.716. The molecule has 18 heavy (non-hydrogen) atoms. The monoisotopic (exact) mass is 504 g/mol. The van der Waals surface area contributed by atoms with Crippen LogP contribution in [0.4, 0.5) is 0 Å². The molecule has 0 aromatic heterocycles. The van der Waals surface area contributed by atoms with E-state index in [0.717, 1.165) is 24.0 Å². The molecule has 0 saturated heterocycles. The van der Waals surface area contributed by atoms with Crippen LogP contribution in [0.1, 0.15) is 6.92 Å². The highest BCUT2D eigenvalue weighted by Crippen LogP contribution is 2.42. The fourth-order valence-corrected chi connectivity index (χ4v) is 3.12. The molecule has 1 atom stereocenters. The maximum atomic E-state index is 11.0. The number of rotatable bonds is 4. The van der Waals surface area contributed by atoms with Crippen molar-refractivity contribution in [2.75, 3.05) is 0 Å². The van der Waals surface area contributed by atoms with E-state index in [1.165, 1.54) is 0 Å². The number of carbonyl (C=O) groups is 1. The first-order valence-electron chi connectivity index (χ1n) is 4.69. The normalized spacial score (nSPS) is 11.8. The standard InChI is InChI=1S/C11H8Br4O3/c1-3-8(16)18-5(2)17-7-4-6(12)9(13)11(15)10(7)14/h3-5H,1H2,2H3. The summed E-state index contributed by atoms with van der Waals surface area (Å²) in [5.41, 5.74) is 0. The summed E-state index contributed by atoms with van der Waals surface area (Å²) in [7, 11) is 0. The highest BCUT2D eigenvalue weighted by molar-refractivity contribution is 9.15. The average Bonchev–Trinajstić information content (AvgIpc) is 2.33. The van der Waals surface area contributed by atoms with E-state index in [0.29, 0.717) is 5.75 Å². The lowest BCUT2D eigenvalue weighted by atomic mass is 10.3. The highest BCUT2D eigenvalue weighted by atomic mass is 79.9. The molecule has 0 saturated carbocycles. The third-order valence-electron chi connectivity index (χ3n) is 1.81. The minimum Gasteiger partial charge on any atom is -0.454 e. The Morgan fingerprint density at radius 3 is 2.44 bits per heavy atom. The van der Waals surface area contributed by atoms with Crippen LogP contribution in [0.15, 0.2) is 36.6 Å². The molecule has 1 rings (SSSR count). The van der Waals surface area contributed by atoms with Gasteiger partial charge in [0.2, 0.25) is 6.29 Å². The van der Waals surface area contributed by atoms with Gasteiger partial charge in [0, 0.05) is 21.9 Å². The first-order valence-corrected chi connectivity index (χ1v) is 7.86. The van der Waals surface area contributed by atoms with Gasteiger partial charge in [-0.2, -0.15) is 0 Å². The summed E-state index contributed by atoms with van der Waals surface area (Å²) in [6.45, 7) is 4.94. The minimum absolute atomic E-state index is 0.533. The molecule has 0 amide bonds. The van der Waals surface area contributed by atoms with Crippen molar-refractivity contribution in [3.8, 4) is 5.75 Å². The second-order valence-electron chi connectivity index (χ2n) is 3.12. The van der Waals surface area contributed by atoms with Crippen molar-refractivity contribution in [3.05, 3.63) is 36.6 Å². The summed E-state index contributed by atoms with van der Waals surface area (Å²) in [5, 5.41) is 0. The number of hydrogen-bond acceptors (Lipinski definition) is 3. The zero-order valence-electron chi connectivity index (χ0n) is 9.18. The van der Waals surface area contributed by atoms with Crippen LogP contribution in [-0.2, 0) is 9.53 Å². The molecule has 0 bridgehead atoms. The van der Waals surface area contributed by atoms with Crippen LogP contribution in [0.25, 0.3) is 0 Å². The van der Waals surface area contributed by atoms with Gasteiger partial charge in [0.15, 0.2) is 0 Å². The summed E-state index contributed by atoms with van der Waals surface area (Å²) >= 11 is 13.6. The molecule has 0 aliphatic heterocycles. The smallest absolute Gasteiger partial charge is 0.333 e. The maximum absolute atomic E-state index is 11.0. The fraction of sp³-hybridized carbons (Fsp3) is 0.182. The molecule has 1 aromatic rings. The van der Waals surface area contributed by atoms with Crippen LogP contribution in [0.2, 0.25) is 0 Å². The molecule has 3 nitrogen and oxygen atoms in total. The van der Waals surface area contributed by atoms with Gasteiger partial charge in [-0.25, -0.2) is 4.79 Å². The van der Waals surface area contributed by atoms with E-state index in [9.17, 15) is 4.79 Å². The number of esters is 1. The third kappa shape index (κ3) is 4.08. The second kappa shape index (κ2) is 7.07. The van der Waals surface area contributed by atoms with Crippen molar-refractivity contribution in [2.24, 2.45) is 0 Å². The zero-order chi connectivity index (χ0) is 13.9. The molecule has 0 aliphatic carbocycles. The molecule has 1 aromatic carbocycles. The largest absolute Gasteiger partial charge is 0.454 e. The van der Waals surface area contributed by atoms with E-state index in [4.69, 9.17) is 9.47 Å². The SMILES string of the molecule is C=CC(=O)OC(C)Oc1cc(Br)c(Br)c(Br)c1Br. The summed E-state index contributed by atoms with van der Waals surface area (Å²) in [6, 6.07) is 1.76. The maximum Gasteiger partial charge on any atom is 0.333 e. The molecule has 0 aliphatic rings. The Balaban J connectivity index is 2.91. The van der Waals surface area contributed by atoms with Gasteiger partial charge in [0.05, 0.1) is 8.95 Å². The molecule has 98 valence electrons. The van der Waals surface area contributed by atoms with Crippen molar-refractivity contribution < 1.29 is 14.3 Å². The Morgan fingerprint density at radius 1 is 1.28 bits per heavy atom. The van der Waals surface area contributed by atoms with Crippen molar-refractivity contribution in [1.29, 1.82) is 0 Å². The summed E-state index contributed by atoms with van der Waals surface area (Å²) in [4.78, 5) is 11.0. The first kappa shape index (κ1) is 16.2. The van der Waals surface area contributed by atoms with Crippen LogP contribution < -0.4 is 4.74 Å². The molecular formula is C11H8Br4O3. The Morgan fingerprint density at radius 2 is 1.89 bits per heavy atom. The molecule has 0 spiro atoms. The topological polar surface area (TPSA) is 35.5 Å². The van der Waals surface area contributed by atoms with Crippen LogP contribution in [-0.4, -0.2) is 12.3 Å². The molecule has 0 N–H and O–H groups in total. The number of carbonyl (C=O) groups excluding carboxylic acids is 1. The van der Waals surface area contributed by atoms with Crippen LogP contribution in [0.3, 0.4) is 0 Å². The van der Waals surface area contributed by atoms with E-state index in [-0.39, 0.29) is 0 Å². The molecule has 1 unspecified atom stereocenters. The van der Waals surface area contributed by atoms with E-state index in [1.54, 1.807) is 13.0 Å². The van der Waals surface area contributed by atoms with Gasteiger partial charge >= 0.3 is 5.97 Å². The second-order valence-corrected chi connectivity index (χ2v) is 6.36. The van der Waals surface area contributed by atoms with Gasteiger partial charge in [-0.05, 0) is 69.8 Å². The van der Waals surface area contributed by atoms with Crippen molar-refractivity contribution in [3.63, 3.8) is 0 Å². The molecule has 0 heterocycles. The summed E-state index contributed by atoms with van der Waals surface area (Å²) in [5.74, 6) is 0.00942. The number of benzene rings is 1. The van der Waals surface area contributed by atoms with Gasteiger partial charge in [-0.3, -0.25) is 0 Å². The van der Waals surface area contributed by atoms with Gasteiger partial charge in [0.1, 0.15) is 5.75 Å². The number of hydrogen-bond donors (Lipinski definition) is 0. The predicted octanol–water partition coefficient (Wildman–Crippen LogP) is 5.19. The van der Waals surface area contributed by atoms with Gasteiger partial charge < -0.3 is 9.47 Å². The van der Waals surface area contributed by atoms with E-state index < -0.39 is 12.3 Å². The van der Waals surface area contributed by atoms with Gasteiger partial charge in [0.25, 0.3) is 0 Å². The van der Waals surface area contributed by atoms with Crippen molar-refractivity contribution in [2.45, 2.75) is 13.2 Å². The number of halogens is 4. The molecule has 7 heteroatoms. The quantitative estimate of drug-likeness (QED) is 0.185. The molecular weight excluding hydrogens is 500 g/mol. The Kier molecular flexibility index (Phi) is 6.37. The lowest BCUT2D eigenvalue weighted by Gasteiger charge is -2.17. The first-order chi connectivity index (χ1) is 8.36. The van der Waals surface area contributed by atoms with Gasteiger partial charge in [-0.1, -0.05) is 6.58 Å². The van der Waals surface area contributed by atoms with Crippen molar-refractivity contribution >= 4 is 69.7 Å². The van der Waals surface area contributed by atoms with Crippen LogP contribution in [0.5, 0.6) is 5.75 Å². The Hall–Kier alpha value is 0.150. The summed E-state index contributed by atoms with van der Waals surface area (Å²) < 4.78 is 13.6. The Labute approximate surface area is 138 Å².